The summed E-state index contributed by atoms with van der Waals surface area (Å²) in [6.07, 6.45) is 0. The SMILES string of the molecule is CC1N=C(C(=O)NCc2cccc([N+](=O)[O-])c2)NN(c2ccccc2)C1=O. The molecular weight excluding hydrogens is 350 g/mol. The van der Waals surface area contributed by atoms with E-state index in [1.807, 2.05) is 6.07 Å². The van der Waals surface area contributed by atoms with Crippen LogP contribution < -0.4 is 15.8 Å². The molecule has 0 saturated carbocycles. The topological polar surface area (TPSA) is 117 Å². The van der Waals surface area contributed by atoms with Crippen LogP contribution in [0, 0.1) is 10.1 Å². The standard InChI is InChI=1S/C18H17N5O4/c1-12-18(25)22(14-7-3-2-4-8-14)21-16(20-12)17(24)19-11-13-6-5-9-15(10-13)23(26)27/h2-10,12H,11H2,1H3,(H,19,24)(H,20,21). The second-order valence-electron chi connectivity index (χ2n) is 5.88. The van der Waals surface area contributed by atoms with Gasteiger partial charge in [-0.15, -0.1) is 0 Å². The third-order valence-corrected chi connectivity index (χ3v) is 3.92. The first-order chi connectivity index (χ1) is 13.0. The number of aliphatic imine (C=N–C) groups is 1. The van der Waals surface area contributed by atoms with Gasteiger partial charge in [-0.3, -0.25) is 25.1 Å². The molecule has 0 fully saturated rings. The normalized spacial score (nSPS) is 16.3. The number of benzene rings is 2. The first-order valence-electron chi connectivity index (χ1n) is 8.20. The first kappa shape index (κ1) is 18.1. The van der Waals surface area contributed by atoms with Crippen LogP contribution in [-0.2, 0) is 16.1 Å². The number of amides is 2. The highest BCUT2D eigenvalue weighted by molar-refractivity contribution is 6.39. The maximum absolute atomic E-state index is 12.4. The Bertz CT molecular complexity index is 913. The van der Waals surface area contributed by atoms with Crippen molar-refractivity contribution >= 4 is 29.0 Å². The Kier molecular flexibility index (Phi) is 5.11. The van der Waals surface area contributed by atoms with E-state index in [1.165, 1.54) is 17.1 Å². The quantitative estimate of drug-likeness (QED) is 0.614. The van der Waals surface area contributed by atoms with E-state index in [9.17, 15) is 19.7 Å². The summed E-state index contributed by atoms with van der Waals surface area (Å²) < 4.78 is 0. The van der Waals surface area contributed by atoms with Gasteiger partial charge in [-0.25, -0.2) is 10.0 Å². The minimum absolute atomic E-state index is 0.00335. The molecule has 0 bridgehead atoms. The molecule has 3 rings (SSSR count). The summed E-state index contributed by atoms with van der Waals surface area (Å²) in [6.45, 7) is 1.70. The van der Waals surface area contributed by atoms with Crippen LogP contribution in [0.25, 0.3) is 0 Å². The van der Waals surface area contributed by atoms with Crippen molar-refractivity contribution in [1.29, 1.82) is 0 Å². The molecule has 2 aromatic rings. The Hall–Kier alpha value is -3.75. The Balaban J connectivity index is 1.71. The molecule has 138 valence electrons. The number of nitrogens with zero attached hydrogens (tertiary/aromatic N) is 3. The lowest BCUT2D eigenvalue weighted by molar-refractivity contribution is -0.384. The van der Waals surface area contributed by atoms with Gasteiger partial charge in [0.05, 0.1) is 10.6 Å². The van der Waals surface area contributed by atoms with Crippen LogP contribution in [0.2, 0.25) is 0 Å². The largest absolute Gasteiger partial charge is 0.345 e. The number of non-ortho nitro benzene ring substituents is 1. The molecule has 27 heavy (non-hydrogen) atoms. The van der Waals surface area contributed by atoms with Gasteiger partial charge in [-0.05, 0) is 24.6 Å². The van der Waals surface area contributed by atoms with Gasteiger partial charge < -0.3 is 5.32 Å². The number of nitro benzene ring substituents is 1. The summed E-state index contributed by atoms with van der Waals surface area (Å²) in [5.41, 5.74) is 3.85. The summed E-state index contributed by atoms with van der Waals surface area (Å²) in [5, 5.41) is 14.8. The van der Waals surface area contributed by atoms with Gasteiger partial charge >= 0.3 is 0 Å². The van der Waals surface area contributed by atoms with E-state index in [0.717, 1.165) is 0 Å². The van der Waals surface area contributed by atoms with Crippen LogP contribution in [-0.4, -0.2) is 28.6 Å². The maximum Gasteiger partial charge on any atom is 0.288 e. The van der Waals surface area contributed by atoms with E-state index in [2.05, 4.69) is 15.7 Å². The van der Waals surface area contributed by atoms with E-state index < -0.39 is 16.9 Å². The first-order valence-corrected chi connectivity index (χ1v) is 8.20. The van der Waals surface area contributed by atoms with E-state index in [-0.39, 0.29) is 24.0 Å². The minimum Gasteiger partial charge on any atom is -0.345 e. The number of amidine groups is 1. The Morgan fingerprint density at radius 1 is 1.26 bits per heavy atom. The molecule has 0 aliphatic carbocycles. The van der Waals surface area contributed by atoms with Crippen LogP contribution in [0.1, 0.15) is 12.5 Å². The monoisotopic (exact) mass is 367 g/mol. The third kappa shape index (κ3) is 4.09. The lowest BCUT2D eigenvalue weighted by Crippen LogP contribution is -2.57. The number of anilines is 1. The number of rotatable bonds is 5. The van der Waals surface area contributed by atoms with Gasteiger partial charge in [0.1, 0.15) is 6.04 Å². The average molecular weight is 367 g/mol. The number of para-hydroxylation sites is 1. The molecule has 2 aromatic carbocycles. The summed E-state index contributed by atoms with van der Waals surface area (Å²) in [4.78, 5) is 39.2. The van der Waals surface area contributed by atoms with Crippen molar-refractivity contribution in [3.8, 4) is 0 Å². The van der Waals surface area contributed by atoms with Gasteiger partial charge in [0.15, 0.2) is 0 Å². The maximum atomic E-state index is 12.4. The van der Waals surface area contributed by atoms with Crippen molar-refractivity contribution < 1.29 is 14.5 Å². The minimum atomic E-state index is -0.718. The van der Waals surface area contributed by atoms with Crippen LogP contribution in [0.4, 0.5) is 11.4 Å². The molecule has 0 aromatic heterocycles. The molecule has 1 unspecified atom stereocenters. The fourth-order valence-corrected chi connectivity index (χ4v) is 2.55. The zero-order chi connectivity index (χ0) is 19.4. The van der Waals surface area contributed by atoms with Crippen LogP contribution in [0.15, 0.2) is 59.6 Å². The molecule has 1 heterocycles. The molecular formula is C18H17N5O4. The number of carbonyl (C=O) groups is 2. The predicted octanol–water partition coefficient (Wildman–Crippen LogP) is 1.55. The Labute approximate surface area is 154 Å². The number of nitrogens with one attached hydrogen (secondary N) is 2. The smallest absolute Gasteiger partial charge is 0.288 e. The molecule has 0 radical (unpaired) electrons. The van der Waals surface area contributed by atoms with Crippen LogP contribution in [0.3, 0.4) is 0 Å². The Morgan fingerprint density at radius 3 is 2.70 bits per heavy atom. The van der Waals surface area contributed by atoms with Gasteiger partial charge in [0.2, 0.25) is 5.84 Å². The molecule has 1 aliphatic rings. The average Bonchev–Trinajstić information content (AvgIpc) is 2.69. The lowest BCUT2D eigenvalue weighted by Gasteiger charge is -2.30. The van der Waals surface area contributed by atoms with Gasteiger partial charge in [0.25, 0.3) is 17.5 Å². The summed E-state index contributed by atoms with van der Waals surface area (Å²) >= 11 is 0. The van der Waals surface area contributed by atoms with Crippen molar-refractivity contribution in [3.63, 3.8) is 0 Å². The fraction of sp³-hybridized carbons (Fsp3) is 0.167. The van der Waals surface area contributed by atoms with Gasteiger partial charge in [0, 0.05) is 18.7 Å². The Morgan fingerprint density at radius 2 is 2.00 bits per heavy atom. The van der Waals surface area contributed by atoms with Crippen LogP contribution >= 0.6 is 0 Å². The molecule has 9 heteroatoms. The zero-order valence-corrected chi connectivity index (χ0v) is 14.5. The predicted molar refractivity (Wildman–Crippen MR) is 98.9 cm³/mol. The van der Waals surface area contributed by atoms with E-state index in [1.54, 1.807) is 43.3 Å². The highest BCUT2D eigenvalue weighted by Crippen LogP contribution is 2.16. The second-order valence-corrected chi connectivity index (χ2v) is 5.88. The molecule has 9 nitrogen and oxygen atoms in total. The fourth-order valence-electron chi connectivity index (χ4n) is 2.55. The number of hydrogen-bond donors (Lipinski definition) is 2. The van der Waals surface area contributed by atoms with Gasteiger partial charge in [-0.1, -0.05) is 30.3 Å². The molecule has 0 spiro atoms. The molecule has 1 atom stereocenters. The highest BCUT2D eigenvalue weighted by atomic mass is 16.6. The van der Waals surface area contributed by atoms with E-state index >= 15 is 0 Å². The van der Waals surface area contributed by atoms with Crippen LogP contribution in [0.5, 0.6) is 0 Å². The van der Waals surface area contributed by atoms with Crippen molar-refractivity contribution in [1.82, 2.24) is 10.7 Å². The van der Waals surface area contributed by atoms with Crippen molar-refractivity contribution in [2.24, 2.45) is 4.99 Å². The van der Waals surface area contributed by atoms with Crippen molar-refractivity contribution in [2.75, 3.05) is 5.01 Å². The van der Waals surface area contributed by atoms with Gasteiger partial charge in [-0.2, -0.15) is 0 Å². The third-order valence-electron chi connectivity index (χ3n) is 3.92. The summed E-state index contributed by atoms with van der Waals surface area (Å²) in [5.74, 6) is -0.797. The highest BCUT2D eigenvalue weighted by Gasteiger charge is 2.30. The number of nitro groups is 1. The van der Waals surface area contributed by atoms with E-state index in [0.29, 0.717) is 11.3 Å². The van der Waals surface area contributed by atoms with E-state index in [4.69, 9.17) is 0 Å². The lowest BCUT2D eigenvalue weighted by atomic mass is 10.2. The summed E-state index contributed by atoms with van der Waals surface area (Å²) in [6, 6.07) is 14.1. The molecule has 2 amide bonds. The zero-order valence-electron chi connectivity index (χ0n) is 14.5. The summed E-state index contributed by atoms with van der Waals surface area (Å²) in [7, 11) is 0. The van der Waals surface area contributed by atoms with Crippen molar-refractivity contribution in [2.45, 2.75) is 19.5 Å². The number of hydrogen-bond acceptors (Lipinski definition) is 6. The molecule has 0 saturated heterocycles. The number of carbonyl (C=O) groups excluding carboxylic acids is 2. The molecule has 2 N–H and O–H groups in total. The van der Waals surface area contributed by atoms with Crippen molar-refractivity contribution in [3.05, 3.63) is 70.3 Å². The molecule has 1 aliphatic heterocycles. The second kappa shape index (κ2) is 7.65. The number of hydrazine groups is 1.